The molecule has 0 fully saturated rings. The van der Waals surface area contributed by atoms with Gasteiger partial charge in [-0.05, 0) is 49.2 Å². The van der Waals surface area contributed by atoms with E-state index in [1.165, 1.54) is 11.8 Å². The lowest BCUT2D eigenvalue weighted by atomic mass is 10.2. The van der Waals surface area contributed by atoms with E-state index in [0.29, 0.717) is 17.1 Å². The summed E-state index contributed by atoms with van der Waals surface area (Å²) in [5.74, 6) is 1.24. The van der Waals surface area contributed by atoms with Gasteiger partial charge >= 0.3 is 0 Å². The Morgan fingerprint density at radius 2 is 1.78 bits per heavy atom. The third kappa shape index (κ3) is 3.80. The molecule has 0 N–H and O–H groups in total. The average molecular weight is 441 g/mol. The molecule has 5 aromatic rings. The predicted octanol–water partition coefficient (Wildman–Crippen LogP) is 4.25. The summed E-state index contributed by atoms with van der Waals surface area (Å²) in [7, 11) is 0. The Morgan fingerprint density at radius 3 is 2.59 bits per heavy atom. The van der Waals surface area contributed by atoms with Gasteiger partial charge in [0.1, 0.15) is 5.65 Å². The van der Waals surface area contributed by atoms with E-state index in [0.717, 1.165) is 33.4 Å². The number of aromatic nitrogens is 6. The average Bonchev–Trinajstić information content (AvgIpc) is 3.23. The van der Waals surface area contributed by atoms with Gasteiger partial charge in [0.2, 0.25) is 0 Å². The van der Waals surface area contributed by atoms with Crippen LogP contribution in [-0.2, 0) is 5.75 Å². The number of para-hydroxylation sites is 1. The van der Waals surface area contributed by atoms with Crippen molar-refractivity contribution in [2.24, 2.45) is 0 Å². The molecular formula is C24H20N6OS. The van der Waals surface area contributed by atoms with Crippen LogP contribution in [0.1, 0.15) is 16.8 Å². The van der Waals surface area contributed by atoms with Gasteiger partial charge < -0.3 is 0 Å². The molecule has 0 aliphatic heterocycles. The van der Waals surface area contributed by atoms with E-state index < -0.39 is 0 Å². The van der Waals surface area contributed by atoms with Crippen LogP contribution in [0.15, 0.2) is 83.1 Å². The van der Waals surface area contributed by atoms with Crippen molar-refractivity contribution in [2.75, 3.05) is 0 Å². The van der Waals surface area contributed by atoms with Gasteiger partial charge in [-0.25, -0.2) is 4.98 Å². The molecular weight excluding hydrogens is 420 g/mol. The molecule has 0 aliphatic carbocycles. The van der Waals surface area contributed by atoms with E-state index in [9.17, 15) is 4.79 Å². The van der Waals surface area contributed by atoms with Crippen molar-refractivity contribution in [3.8, 4) is 17.1 Å². The first-order valence-electron chi connectivity index (χ1n) is 10.1. The molecule has 1 aromatic carbocycles. The molecule has 0 saturated carbocycles. The first-order chi connectivity index (χ1) is 15.6. The maximum Gasteiger partial charge on any atom is 0.258 e. The summed E-state index contributed by atoms with van der Waals surface area (Å²) in [6.07, 6.45) is 5.29. The van der Waals surface area contributed by atoms with Crippen LogP contribution in [0.2, 0.25) is 0 Å². The van der Waals surface area contributed by atoms with Crippen LogP contribution in [0.5, 0.6) is 0 Å². The molecule has 0 saturated heterocycles. The summed E-state index contributed by atoms with van der Waals surface area (Å²) in [6, 6.07) is 17.4. The number of hydrogen-bond acceptors (Lipinski definition) is 6. The highest BCUT2D eigenvalue weighted by Gasteiger charge is 2.18. The van der Waals surface area contributed by atoms with Gasteiger partial charge in [-0.1, -0.05) is 36.0 Å². The Kier molecular flexibility index (Phi) is 5.28. The van der Waals surface area contributed by atoms with E-state index >= 15 is 0 Å². The second kappa shape index (κ2) is 8.39. The summed E-state index contributed by atoms with van der Waals surface area (Å²) < 4.78 is 3.62. The van der Waals surface area contributed by atoms with Crippen molar-refractivity contribution < 1.29 is 0 Å². The maximum atomic E-state index is 12.6. The van der Waals surface area contributed by atoms with Crippen molar-refractivity contribution in [1.82, 2.24) is 29.1 Å². The lowest BCUT2D eigenvalue weighted by molar-refractivity contribution is 0.879. The number of thioether (sulfide) groups is 1. The van der Waals surface area contributed by atoms with Crippen molar-refractivity contribution in [1.29, 1.82) is 0 Å². The molecule has 0 bridgehead atoms. The monoisotopic (exact) mass is 440 g/mol. The molecule has 8 heteroatoms. The van der Waals surface area contributed by atoms with Gasteiger partial charge in [-0.15, -0.1) is 10.2 Å². The summed E-state index contributed by atoms with van der Waals surface area (Å²) in [4.78, 5) is 21.3. The fourth-order valence-electron chi connectivity index (χ4n) is 3.55. The zero-order valence-electron chi connectivity index (χ0n) is 17.6. The highest BCUT2D eigenvalue weighted by Crippen LogP contribution is 2.30. The molecule has 0 amide bonds. The minimum atomic E-state index is -0.0906. The zero-order chi connectivity index (χ0) is 22.1. The minimum absolute atomic E-state index is 0.0906. The Bertz CT molecular complexity index is 1480. The topological polar surface area (TPSA) is 78.0 Å². The third-order valence-corrected chi connectivity index (χ3v) is 6.10. The molecule has 5 rings (SSSR count). The van der Waals surface area contributed by atoms with E-state index in [2.05, 4.69) is 39.2 Å². The van der Waals surface area contributed by atoms with E-state index in [1.807, 2.05) is 47.9 Å². The minimum Gasteiger partial charge on any atom is -0.270 e. The second-order valence-electron chi connectivity index (χ2n) is 7.47. The summed E-state index contributed by atoms with van der Waals surface area (Å²) in [5, 5.41) is 9.67. The second-order valence-corrected chi connectivity index (χ2v) is 8.42. The van der Waals surface area contributed by atoms with Crippen LogP contribution in [0, 0.1) is 13.8 Å². The maximum absolute atomic E-state index is 12.6. The number of benzene rings is 1. The molecule has 0 spiro atoms. The largest absolute Gasteiger partial charge is 0.270 e. The van der Waals surface area contributed by atoms with Crippen molar-refractivity contribution >= 4 is 17.4 Å². The van der Waals surface area contributed by atoms with Gasteiger partial charge in [-0.3, -0.25) is 18.7 Å². The van der Waals surface area contributed by atoms with Crippen LogP contribution in [-0.4, -0.2) is 29.1 Å². The number of rotatable bonds is 5. The highest BCUT2D eigenvalue weighted by atomic mass is 32.2. The molecule has 7 nitrogen and oxygen atoms in total. The number of fused-ring (bicyclic) bond motifs is 1. The molecule has 0 unspecified atom stereocenters. The normalized spacial score (nSPS) is 11.2. The van der Waals surface area contributed by atoms with Crippen LogP contribution < -0.4 is 5.56 Å². The molecule has 4 heterocycles. The summed E-state index contributed by atoms with van der Waals surface area (Å²) in [5.41, 5.74) is 5.31. The quantitative estimate of drug-likeness (QED) is 0.380. The zero-order valence-corrected chi connectivity index (χ0v) is 18.5. The molecule has 4 aromatic heterocycles. The first-order valence-corrected chi connectivity index (χ1v) is 11.1. The number of aryl methyl sites for hydroxylation is 2. The number of pyridine rings is 2. The standard InChI is InChI=1S/C24H20N6OS/c1-16-7-8-21-26-19(13-22(31)29(21)14-16)15-32-24-28-27-23(18-9-11-25-12-10-18)30(24)20-6-4-3-5-17(20)2/h3-14H,15H2,1-2H3. The van der Waals surface area contributed by atoms with Gasteiger partial charge in [0.25, 0.3) is 5.56 Å². The highest BCUT2D eigenvalue weighted by molar-refractivity contribution is 7.98. The van der Waals surface area contributed by atoms with Gasteiger partial charge in [-0.2, -0.15) is 0 Å². The van der Waals surface area contributed by atoms with Crippen molar-refractivity contribution in [3.05, 3.63) is 100 Å². The van der Waals surface area contributed by atoms with Crippen molar-refractivity contribution in [3.63, 3.8) is 0 Å². The van der Waals surface area contributed by atoms with E-state index in [-0.39, 0.29) is 5.56 Å². The van der Waals surface area contributed by atoms with E-state index in [4.69, 9.17) is 0 Å². The molecule has 32 heavy (non-hydrogen) atoms. The lowest BCUT2D eigenvalue weighted by Crippen LogP contribution is -2.15. The Labute approximate surface area is 188 Å². The smallest absolute Gasteiger partial charge is 0.258 e. The molecule has 0 atom stereocenters. The van der Waals surface area contributed by atoms with Crippen LogP contribution in [0.25, 0.3) is 22.7 Å². The van der Waals surface area contributed by atoms with Crippen LogP contribution in [0.4, 0.5) is 0 Å². The summed E-state index contributed by atoms with van der Waals surface area (Å²) in [6.45, 7) is 4.02. The fraction of sp³-hybridized carbons (Fsp3) is 0.125. The molecule has 158 valence electrons. The Balaban J connectivity index is 1.54. The van der Waals surface area contributed by atoms with Gasteiger partial charge in [0.05, 0.1) is 11.4 Å². The van der Waals surface area contributed by atoms with Gasteiger partial charge in [0.15, 0.2) is 11.0 Å². The molecule has 0 radical (unpaired) electrons. The number of hydrogen-bond donors (Lipinski definition) is 0. The molecule has 0 aliphatic rings. The third-order valence-electron chi connectivity index (χ3n) is 5.14. The van der Waals surface area contributed by atoms with Crippen molar-refractivity contribution in [2.45, 2.75) is 24.8 Å². The first kappa shape index (κ1) is 20.1. The Hall–Kier alpha value is -3.78. The van der Waals surface area contributed by atoms with Gasteiger partial charge in [0, 0.05) is 36.0 Å². The number of nitrogens with zero attached hydrogens (tertiary/aromatic N) is 6. The summed E-state index contributed by atoms with van der Waals surface area (Å²) >= 11 is 1.50. The van der Waals surface area contributed by atoms with Crippen LogP contribution >= 0.6 is 11.8 Å². The Morgan fingerprint density at radius 1 is 0.969 bits per heavy atom. The lowest BCUT2D eigenvalue weighted by Gasteiger charge is -2.13. The van der Waals surface area contributed by atoms with Crippen LogP contribution in [0.3, 0.4) is 0 Å². The predicted molar refractivity (Wildman–Crippen MR) is 125 cm³/mol. The van der Waals surface area contributed by atoms with E-state index in [1.54, 1.807) is 29.1 Å². The SMILES string of the molecule is Cc1ccc2nc(CSc3nnc(-c4ccncc4)n3-c3ccccc3C)cc(=O)n2c1. The fourth-order valence-corrected chi connectivity index (χ4v) is 4.39.